The van der Waals surface area contributed by atoms with Crippen LogP contribution in [0.3, 0.4) is 0 Å². The van der Waals surface area contributed by atoms with E-state index in [2.05, 4.69) is 211 Å². The van der Waals surface area contributed by atoms with Gasteiger partial charge < -0.3 is 8.98 Å². The molecule has 0 fully saturated rings. The SMILES string of the molecule is c1ccc(-c2ccc(-c3nc(-c4cccc(-c5ccccc5)c4)nc(-c4ccc5c(c4)oc4cc6c(cc45)c4ccccc4n6-c4cccc(-c5ccccc5)c4)n3)cc2)cc1. The highest BCUT2D eigenvalue weighted by atomic mass is 16.3. The fourth-order valence-corrected chi connectivity index (χ4v) is 8.79. The van der Waals surface area contributed by atoms with Crippen molar-refractivity contribution < 1.29 is 4.42 Å². The highest BCUT2D eigenvalue weighted by Gasteiger charge is 2.19. The molecule has 62 heavy (non-hydrogen) atoms. The lowest BCUT2D eigenvalue weighted by Gasteiger charge is -2.10. The minimum atomic E-state index is 0.575. The Morgan fingerprint density at radius 2 is 0.758 bits per heavy atom. The Morgan fingerprint density at radius 3 is 1.45 bits per heavy atom. The van der Waals surface area contributed by atoms with Crippen LogP contribution < -0.4 is 0 Å². The molecule has 0 spiro atoms. The first-order valence-corrected chi connectivity index (χ1v) is 20.8. The fourth-order valence-electron chi connectivity index (χ4n) is 8.79. The van der Waals surface area contributed by atoms with Crippen molar-refractivity contribution in [3.05, 3.63) is 218 Å². The van der Waals surface area contributed by atoms with Crippen molar-refractivity contribution in [3.8, 4) is 73.2 Å². The predicted octanol–water partition coefficient (Wildman–Crippen LogP) is 14.9. The molecule has 0 aliphatic carbocycles. The topological polar surface area (TPSA) is 56.7 Å². The molecule has 0 amide bonds. The third-order valence-electron chi connectivity index (χ3n) is 11.8. The van der Waals surface area contributed by atoms with E-state index in [-0.39, 0.29) is 0 Å². The number of furan rings is 1. The molecule has 0 aliphatic rings. The third kappa shape index (κ3) is 6.23. The van der Waals surface area contributed by atoms with Gasteiger partial charge in [-0.15, -0.1) is 0 Å². The molecule has 0 unspecified atom stereocenters. The van der Waals surface area contributed by atoms with E-state index in [1.54, 1.807) is 0 Å². The van der Waals surface area contributed by atoms with Crippen molar-refractivity contribution in [1.82, 2.24) is 19.5 Å². The summed E-state index contributed by atoms with van der Waals surface area (Å²) in [6.07, 6.45) is 0. The molecule has 9 aromatic carbocycles. The number of aromatic nitrogens is 4. The summed E-state index contributed by atoms with van der Waals surface area (Å²) < 4.78 is 9.12. The van der Waals surface area contributed by atoms with Crippen LogP contribution in [0.1, 0.15) is 0 Å². The second-order valence-electron chi connectivity index (χ2n) is 15.6. The summed E-state index contributed by atoms with van der Waals surface area (Å²) in [5.74, 6) is 1.78. The maximum Gasteiger partial charge on any atom is 0.164 e. The number of benzene rings is 9. The molecule has 0 atom stereocenters. The Labute approximate surface area is 357 Å². The second-order valence-corrected chi connectivity index (χ2v) is 15.6. The van der Waals surface area contributed by atoms with E-state index in [9.17, 15) is 0 Å². The Balaban J connectivity index is 0.994. The van der Waals surface area contributed by atoms with Gasteiger partial charge in [-0.05, 0) is 75.8 Å². The van der Waals surface area contributed by atoms with Gasteiger partial charge in [-0.2, -0.15) is 0 Å². The predicted molar refractivity (Wildman–Crippen MR) is 254 cm³/mol. The molecule has 5 nitrogen and oxygen atoms in total. The Morgan fingerprint density at radius 1 is 0.274 bits per heavy atom. The zero-order valence-corrected chi connectivity index (χ0v) is 33.5. The average molecular weight is 793 g/mol. The fraction of sp³-hybridized carbons (Fsp3) is 0. The van der Waals surface area contributed by atoms with Gasteiger partial charge in [0.1, 0.15) is 11.2 Å². The first-order chi connectivity index (χ1) is 30.7. The van der Waals surface area contributed by atoms with Crippen molar-refractivity contribution >= 4 is 43.7 Å². The Hall–Kier alpha value is -8.41. The van der Waals surface area contributed by atoms with Crippen LogP contribution in [-0.4, -0.2) is 19.5 Å². The molecule has 0 N–H and O–H groups in total. The number of rotatable bonds is 7. The lowest BCUT2D eigenvalue weighted by Crippen LogP contribution is -2.00. The zero-order valence-electron chi connectivity index (χ0n) is 33.5. The summed E-state index contributed by atoms with van der Waals surface area (Å²) in [5.41, 5.74) is 14.5. The molecule has 12 aromatic rings. The Bertz CT molecular complexity index is 3610. The van der Waals surface area contributed by atoms with Gasteiger partial charge in [0.05, 0.1) is 11.0 Å². The molecule has 12 rings (SSSR count). The van der Waals surface area contributed by atoms with Crippen LogP contribution in [0.4, 0.5) is 0 Å². The molecular weight excluding hydrogens is 757 g/mol. The molecule has 290 valence electrons. The quantitative estimate of drug-likeness (QED) is 0.161. The van der Waals surface area contributed by atoms with Gasteiger partial charge in [0.25, 0.3) is 0 Å². The lowest BCUT2D eigenvalue weighted by molar-refractivity contribution is 0.669. The van der Waals surface area contributed by atoms with Gasteiger partial charge in [-0.1, -0.05) is 170 Å². The first-order valence-electron chi connectivity index (χ1n) is 20.8. The van der Waals surface area contributed by atoms with E-state index in [1.807, 2.05) is 12.1 Å². The molecule has 0 bridgehead atoms. The highest BCUT2D eigenvalue weighted by Crippen LogP contribution is 2.40. The smallest absolute Gasteiger partial charge is 0.164 e. The third-order valence-corrected chi connectivity index (χ3v) is 11.8. The maximum absolute atomic E-state index is 6.77. The van der Waals surface area contributed by atoms with Crippen LogP contribution in [0.2, 0.25) is 0 Å². The molecule has 0 radical (unpaired) electrons. The average Bonchev–Trinajstić information content (AvgIpc) is 3.88. The molecule has 3 heterocycles. The van der Waals surface area contributed by atoms with Crippen LogP contribution in [0.5, 0.6) is 0 Å². The lowest BCUT2D eigenvalue weighted by atomic mass is 10.0. The molecule has 0 saturated heterocycles. The summed E-state index contributed by atoms with van der Waals surface area (Å²) in [7, 11) is 0. The van der Waals surface area contributed by atoms with Crippen molar-refractivity contribution in [2.24, 2.45) is 0 Å². The number of nitrogens with zero attached hydrogens (tertiary/aromatic N) is 4. The van der Waals surface area contributed by atoms with Gasteiger partial charge >= 0.3 is 0 Å². The van der Waals surface area contributed by atoms with E-state index in [0.717, 1.165) is 77.6 Å². The van der Waals surface area contributed by atoms with Crippen LogP contribution in [0.25, 0.3) is 117 Å². The van der Waals surface area contributed by atoms with Gasteiger partial charge in [-0.3, -0.25) is 0 Å². The second kappa shape index (κ2) is 14.7. The van der Waals surface area contributed by atoms with Gasteiger partial charge in [0.2, 0.25) is 0 Å². The number of hydrogen-bond acceptors (Lipinski definition) is 4. The van der Waals surface area contributed by atoms with E-state index in [0.29, 0.717) is 17.5 Å². The van der Waals surface area contributed by atoms with Gasteiger partial charge in [0, 0.05) is 50.0 Å². The summed E-state index contributed by atoms with van der Waals surface area (Å²) in [6.45, 7) is 0. The van der Waals surface area contributed by atoms with E-state index in [4.69, 9.17) is 19.4 Å². The number of fused-ring (bicyclic) bond motifs is 6. The molecule has 0 aliphatic heterocycles. The normalized spacial score (nSPS) is 11.5. The first kappa shape index (κ1) is 35.5. The van der Waals surface area contributed by atoms with E-state index in [1.165, 1.54) is 21.9 Å². The monoisotopic (exact) mass is 792 g/mol. The van der Waals surface area contributed by atoms with Crippen LogP contribution in [-0.2, 0) is 0 Å². The molecule has 3 aromatic heterocycles. The van der Waals surface area contributed by atoms with Crippen LogP contribution in [0, 0.1) is 0 Å². The largest absolute Gasteiger partial charge is 0.456 e. The standard InChI is InChI=1S/C57H36N4O/c1-4-14-37(15-5-1)40-26-28-41(29-27-40)55-58-56(44-22-12-20-42(32-44)38-16-6-2-7-17-38)60-57(59-55)45-30-31-48-50-35-49-47-24-10-11-25-51(47)61(52(49)36-54(50)62-53(48)34-45)46-23-13-21-43(33-46)39-18-8-3-9-19-39/h1-36H. The van der Waals surface area contributed by atoms with Crippen molar-refractivity contribution in [1.29, 1.82) is 0 Å². The van der Waals surface area contributed by atoms with E-state index < -0.39 is 0 Å². The molecule has 0 saturated carbocycles. The summed E-state index contributed by atoms with van der Waals surface area (Å²) >= 11 is 0. The number of hydrogen-bond donors (Lipinski definition) is 0. The summed E-state index contributed by atoms with van der Waals surface area (Å²) in [5, 5.41) is 4.47. The van der Waals surface area contributed by atoms with Crippen LogP contribution >= 0.6 is 0 Å². The summed E-state index contributed by atoms with van der Waals surface area (Å²) in [6, 6.07) is 76.3. The van der Waals surface area contributed by atoms with Crippen molar-refractivity contribution in [2.45, 2.75) is 0 Å². The number of para-hydroxylation sites is 1. The summed E-state index contributed by atoms with van der Waals surface area (Å²) in [4.78, 5) is 15.3. The highest BCUT2D eigenvalue weighted by molar-refractivity contribution is 6.17. The minimum absolute atomic E-state index is 0.575. The Kier molecular flexibility index (Phi) is 8.42. The molecular formula is C57H36N4O. The van der Waals surface area contributed by atoms with E-state index >= 15 is 0 Å². The van der Waals surface area contributed by atoms with Crippen LogP contribution in [0.15, 0.2) is 223 Å². The zero-order chi connectivity index (χ0) is 41.0. The van der Waals surface area contributed by atoms with Crippen molar-refractivity contribution in [2.75, 3.05) is 0 Å². The maximum atomic E-state index is 6.77. The molecule has 5 heteroatoms. The van der Waals surface area contributed by atoms with Crippen molar-refractivity contribution in [3.63, 3.8) is 0 Å². The minimum Gasteiger partial charge on any atom is -0.456 e. The van der Waals surface area contributed by atoms with Gasteiger partial charge in [-0.25, -0.2) is 15.0 Å². The van der Waals surface area contributed by atoms with Gasteiger partial charge in [0.15, 0.2) is 17.5 Å².